The Hall–Kier alpha value is -3.22. The first-order valence-electron chi connectivity index (χ1n) is 18.2. The summed E-state index contributed by atoms with van der Waals surface area (Å²) in [6, 6.07) is 12.3. The molecule has 0 atom stereocenters. The number of phenolic OH excluding ortho intramolecular Hbond substituents is 1. The van der Waals surface area contributed by atoms with Crippen molar-refractivity contribution in [3.63, 3.8) is 0 Å². The number of phenols is 1. The minimum atomic E-state index is -3.64. The van der Waals surface area contributed by atoms with Crippen molar-refractivity contribution in [3.8, 4) is 11.4 Å². The van der Waals surface area contributed by atoms with Gasteiger partial charge in [0.2, 0.25) is 10.0 Å². The molecule has 1 heterocycles. The van der Waals surface area contributed by atoms with Crippen molar-refractivity contribution in [2.45, 2.75) is 104 Å². The zero-order valence-electron chi connectivity index (χ0n) is 30.2. The number of unbranched alkanes of at least 4 members (excludes halogenated alkanes) is 13. The number of aromatic hydroxyl groups is 1. The summed E-state index contributed by atoms with van der Waals surface area (Å²) in [5, 5.41) is 25.2. The lowest BCUT2D eigenvalue weighted by Crippen LogP contribution is -2.16. The summed E-state index contributed by atoms with van der Waals surface area (Å²) >= 11 is 25.5. The van der Waals surface area contributed by atoms with Crippen LogP contribution in [0.3, 0.4) is 0 Å². The van der Waals surface area contributed by atoms with Gasteiger partial charge in [-0.1, -0.05) is 143 Å². The predicted molar refractivity (Wildman–Crippen MR) is 221 cm³/mol. The average Bonchev–Trinajstić information content (AvgIpc) is 3.38. The maximum Gasteiger partial charge on any atom is 0.301 e. The summed E-state index contributed by atoms with van der Waals surface area (Å²) in [5.41, 5.74) is 0.706. The number of nitrogens with zero attached hydrogens (tertiary/aromatic N) is 3. The second kappa shape index (κ2) is 21.0. The van der Waals surface area contributed by atoms with E-state index in [4.69, 9.17) is 46.4 Å². The number of halogens is 4. The Balaban J connectivity index is 1.41. The van der Waals surface area contributed by atoms with Crippen molar-refractivity contribution in [1.29, 1.82) is 0 Å². The van der Waals surface area contributed by atoms with Crippen LogP contribution >= 0.6 is 46.4 Å². The van der Waals surface area contributed by atoms with Crippen LogP contribution in [-0.4, -0.2) is 29.1 Å². The van der Waals surface area contributed by atoms with Crippen LogP contribution in [0.25, 0.3) is 5.69 Å². The smallest absolute Gasteiger partial charge is 0.301 e. The molecule has 1 aromatic heterocycles. The van der Waals surface area contributed by atoms with E-state index in [0.29, 0.717) is 6.42 Å². The third kappa shape index (κ3) is 13.2. The summed E-state index contributed by atoms with van der Waals surface area (Å²) in [7, 11) is -3.64. The largest absolute Gasteiger partial charge is 0.506 e. The van der Waals surface area contributed by atoms with E-state index >= 15 is 0 Å². The van der Waals surface area contributed by atoms with Crippen LogP contribution in [-0.2, 0) is 10.0 Å². The van der Waals surface area contributed by atoms with Crippen LogP contribution in [0.1, 0.15) is 102 Å². The number of azo groups is 1. The van der Waals surface area contributed by atoms with Gasteiger partial charge >= 0.3 is 5.56 Å². The number of H-pyrrole nitrogens is 1. The number of aromatic nitrogens is 2. The topological polar surface area (TPSA) is 141 Å². The summed E-state index contributed by atoms with van der Waals surface area (Å²) in [5.74, 6) is -0.0947. The maximum absolute atomic E-state index is 13.7. The zero-order chi connectivity index (χ0) is 38.4. The maximum atomic E-state index is 13.7. The van der Waals surface area contributed by atoms with Gasteiger partial charge in [0.25, 0.3) is 0 Å². The van der Waals surface area contributed by atoms with Crippen molar-refractivity contribution < 1.29 is 13.5 Å². The molecule has 0 unspecified atom stereocenters. The number of hydrogen-bond donors (Lipinski definition) is 4. The molecular formula is C38H48Cl4N6O4S. The molecular weight excluding hydrogens is 778 g/mol. The van der Waals surface area contributed by atoms with E-state index in [2.05, 4.69) is 32.3 Å². The van der Waals surface area contributed by atoms with E-state index in [1.165, 1.54) is 94.5 Å². The third-order valence-electron chi connectivity index (χ3n) is 8.73. The lowest BCUT2D eigenvalue weighted by atomic mass is 10.0. The van der Waals surface area contributed by atoms with Crippen molar-refractivity contribution >= 4 is 85.0 Å². The van der Waals surface area contributed by atoms with Gasteiger partial charge in [-0.05, 0) is 61.4 Å². The van der Waals surface area contributed by atoms with Gasteiger partial charge in [0, 0.05) is 5.02 Å². The highest BCUT2D eigenvalue weighted by molar-refractivity contribution is 7.92. The molecule has 0 bridgehead atoms. The molecule has 0 saturated heterocycles. The van der Waals surface area contributed by atoms with Gasteiger partial charge in [0.05, 0.1) is 32.2 Å². The van der Waals surface area contributed by atoms with Gasteiger partial charge in [0.1, 0.15) is 17.1 Å². The fourth-order valence-electron chi connectivity index (χ4n) is 5.87. The summed E-state index contributed by atoms with van der Waals surface area (Å²) in [6.07, 6.45) is 16.5. The Kier molecular flexibility index (Phi) is 16.9. The number of nitrogens with one attached hydrogen (secondary N) is 3. The van der Waals surface area contributed by atoms with Crippen LogP contribution in [0.4, 0.5) is 28.6 Å². The van der Waals surface area contributed by atoms with Crippen molar-refractivity contribution in [3.05, 3.63) is 84.5 Å². The predicted octanol–water partition coefficient (Wildman–Crippen LogP) is 13.2. The monoisotopic (exact) mass is 824 g/mol. The number of hydrogen-bond acceptors (Lipinski definition) is 7. The van der Waals surface area contributed by atoms with Gasteiger partial charge in [-0.25, -0.2) is 13.1 Å². The normalized spacial score (nSPS) is 11.8. The summed E-state index contributed by atoms with van der Waals surface area (Å²) in [4.78, 5) is 13.7. The van der Waals surface area contributed by atoms with Gasteiger partial charge < -0.3 is 10.4 Å². The molecule has 4 N–H and O–H groups in total. The molecule has 0 aliphatic heterocycles. The molecule has 53 heavy (non-hydrogen) atoms. The van der Waals surface area contributed by atoms with Crippen LogP contribution in [0.2, 0.25) is 20.1 Å². The standard InChI is InChI=1S/C38H48Cl4N6O4S/c1-3-4-5-6-7-8-9-10-11-12-13-14-15-16-21-53(51,52)47-28-18-19-29(40)33(25-28)43-37-35(45-44-32-20-17-26(2)22-34(32)49)38(50)48(46-37)36-30(41)23-27(39)24-31(36)42/h17-20,22-25,43,46-47,49H,3-16,21H2,1-2H3. The Morgan fingerprint density at radius 1 is 0.755 bits per heavy atom. The number of rotatable bonds is 22. The molecule has 0 fully saturated rings. The zero-order valence-corrected chi connectivity index (χ0v) is 34.0. The summed E-state index contributed by atoms with van der Waals surface area (Å²) < 4.78 is 29.7. The van der Waals surface area contributed by atoms with Gasteiger partial charge in [-0.15, -0.1) is 10.2 Å². The van der Waals surface area contributed by atoms with E-state index in [1.54, 1.807) is 18.2 Å². The molecule has 0 aliphatic rings. The van der Waals surface area contributed by atoms with Gasteiger partial charge in [-0.3, -0.25) is 14.6 Å². The molecule has 15 heteroatoms. The highest BCUT2D eigenvalue weighted by atomic mass is 35.5. The molecule has 0 spiro atoms. The number of aryl methyl sites for hydroxylation is 1. The van der Waals surface area contributed by atoms with E-state index in [0.717, 1.165) is 29.5 Å². The molecule has 4 rings (SSSR count). The molecule has 0 amide bonds. The Labute approximate surface area is 332 Å². The van der Waals surface area contributed by atoms with Crippen molar-refractivity contribution in [1.82, 2.24) is 9.78 Å². The molecule has 0 aliphatic carbocycles. The average molecular weight is 827 g/mol. The highest BCUT2D eigenvalue weighted by Crippen LogP contribution is 2.36. The molecule has 3 aromatic carbocycles. The van der Waals surface area contributed by atoms with E-state index in [9.17, 15) is 18.3 Å². The molecule has 0 saturated carbocycles. The number of aromatic amines is 1. The SMILES string of the molecule is CCCCCCCCCCCCCCCCS(=O)(=O)Nc1ccc(Cl)c(Nc2[nH]n(-c3c(Cl)cc(Cl)cc3Cl)c(=O)c2N=Nc2ccc(C)cc2O)c1. The number of anilines is 3. The first-order valence-corrected chi connectivity index (χ1v) is 21.3. The van der Waals surface area contributed by atoms with E-state index in [-0.39, 0.29) is 65.8 Å². The van der Waals surface area contributed by atoms with Gasteiger partial charge in [0.15, 0.2) is 11.5 Å². The second-order valence-electron chi connectivity index (χ2n) is 13.2. The molecule has 10 nitrogen and oxygen atoms in total. The van der Waals surface area contributed by atoms with Crippen LogP contribution in [0.15, 0.2) is 63.6 Å². The fraction of sp³-hybridized carbons (Fsp3) is 0.447. The lowest BCUT2D eigenvalue weighted by Gasteiger charge is -2.12. The quantitative estimate of drug-likeness (QED) is 0.0461. The van der Waals surface area contributed by atoms with Crippen LogP contribution in [0, 0.1) is 6.92 Å². The number of benzene rings is 3. The Morgan fingerprint density at radius 2 is 1.34 bits per heavy atom. The Bertz CT molecular complexity index is 1990. The van der Waals surface area contributed by atoms with Crippen molar-refractivity contribution in [2.24, 2.45) is 10.2 Å². The molecule has 0 radical (unpaired) electrons. The number of sulfonamides is 1. The van der Waals surface area contributed by atoms with E-state index in [1.807, 2.05) is 6.92 Å². The lowest BCUT2D eigenvalue weighted by molar-refractivity contribution is 0.476. The van der Waals surface area contributed by atoms with Crippen LogP contribution in [0.5, 0.6) is 5.75 Å². The first-order chi connectivity index (χ1) is 25.4. The third-order valence-corrected chi connectivity index (χ3v) is 11.2. The van der Waals surface area contributed by atoms with Crippen molar-refractivity contribution in [2.75, 3.05) is 15.8 Å². The van der Waals surface area contributed by atoms with Crippen LogP contribution < -0.4 is 15.6 Å². The van der Waals surface area contributed by atoms with E-state index < -0.39 is 15.6 Å². The van der Waals surface area contributed by atoms with Gasteiger partial charge in [-0.2, -0.15) is 0 Å². The molecule has 288 valence electrons. The minimum absolute atomic E-state index is 0.00834. The molecule has 4 aromatic rings. The summed E-state index contributed by atoms with van der Waals surface area (Å²) in [6.45, 7) is 4.05. The minimum Gasteiger partial charge on any atom is -0.506 e. The second-order valence-corrected chi connectivity index (χ2v) is 16.7. The first kappa shape index (κ1) is 42.5. The Morgan fingerprint density at radius 3 is 1.92 bits per heavy atom. The highest BCUT2D eigenvalue weighted by Gasteiger charge is 2.21. The fourth-order valence-corrected chi connectivity index (χ4v) is 8.20.